The molecule has 1 unspecified atom stereocenters. The minimum atomic E-state index is 0.0869. The zero-order valence-corrected chi connectivity index (χ0v) is 12.0. The third-order valence-electron chi connectivity index (χ3n) is 3.38. The molecule has 0 spiro atoms. The number of hydrogen-bond acceptors (Lipinski definition) is 1. The zero-order valence-electron chi connectivity index (χ0n) is 11.3. The van der Waals surface area contributed by atoms with Gasteiger partial charge >= 0.3 is 0 Å². The van der Waals surface area contributed by atoms with E-state index in [4.69, 9.17) is 11.6 Å². The molecule has 0 aliphatic rings. The van der Waals surface area contributed by atoms with Gasteiger partial charge in [-0.3, -0.25) is 4.79 Å². The van der Waals surface area contributed by atoms with Gasteiger partial charge in [-0.15, -0.1) is 11.6 Å². The largest absolute Gasteiger partial charge is 0.338 e. The fourth-order valence-electron chi connectivity index (χ4n) is 1.84. The third-order valence-corrected chi connectivity index (χ3v) is 3.55. The van der Waals surface area contributed by atoms with Gasteiger partial charge < -0.3 is 4.90 Å². The Balaban J connectivity index is 4.69. The lowest BCUT2D eigenvalue weighted by Gasteiger charge is -2.33. The SMILES string of the molecule is CCC(CC)N(CCCl)C(=O)C(C)C(C)C. The Hall–Kier alpha value is -0.240. The second kappa shape index (κ2) is 7.94. The Morgan fingerprint density at radius 1 is 1.19 bits per heavy atom. The first-order valence-corrected chi connectivity index (χ1v) is 6.89. The average molecular weight is 248 g/mol. The van der Waals surface area contributed by atoms with Gasteiger partial charge in [0.2, 0.25) is 5.91 Å². The van der Waals surface area contributed by atoms with E-state index in [1.165, 1.54) is 0 Å². The third kappa shape index (κ3) is 4.32. The molecule has 0 aromatic rings. The summed E-state index contributed by atoms with van der Waals surface area (Å²) in [6.45, 7) is 11.1. The Morgan fingerprint density at radius 2 is 1.69 bits per heavy atom. The highest BCUT2D eigenvalue weighted by molar-refractivity contribution is 6.18. The van der Waals surface area contributed by atoms with Crippen molar-refractivity contribution in [2.24, 2.45) is 11.8 Å². The standard InChI is InChI=1S/C13H26ClNO/c1-6-12(7-2)15(9-8-14)13(16)11(5)10(3)4/h10-12H,6-9H2,1-5H3. The second-order valence-electron chi connectivity index (χ2n) is 4.72. The lowest BCUT2D eigenvalue weighted by atomic mass is 9.95. The van der Waals surface area contributed by atoms with Crippen LogP contribution in [-0.2, 0) is 4.79 Å². The fraction of sp³-hybridized carbons (Fsp3) is 0.923. The summed E-state index contributed by atoms with van der Waals surface area (Å²) < 4.78 is 0. The summed E-state index contributed by atoms with van der Waals surface area (Å²) in [5.74, 6) is 1.25. The van der Waals surface area contributed by atoms with Crippen LogP contribution in [0.25, 0.3) is 0 Å². The summed E-state index contributed by atoms with van der Waals surface area (Å²) in [6, 6.07) is 0.340. The number of alkyl halides is 1. The lowest BCUT2D eigenvalue weighted by molar-refractivity contribution is -0.138. The maximum atomic E-state index is 12.3. The van der Waals surface area contributed by atoms with Crippen LogP contribution in [0.5, 0.6) is 0 Å². The van der Waals surface area contributed by atoms with Gasteiger partial charge in [-0.1, -0.05) is 34.6 Å². The van der Waals surface area contributed by atoms with Gasteiger partial charge in [-0.05, 0) is 18.8 Å². The summed E-state index contributed by atoms with van der Waals surface area (Å²) in [4.78, 5) is 14.3. The van der Waals surface area contributed by atoms with Gasteiger partial charge in [0.15, 0.2) is 0 Å². The summed E-state index contributed by atoms with van der Waals surface area (Å²) in [7, 11) is 0. The van der Waals surface area contributed by atoms with Crippen LogP contribution in [0, 0.1) is 11.8 Å². The van der Waals surface area contributed by atoms with E-state index in [1.54, 1.807) is 0 Å². The number of carbonyl (C=O) groups is 1. The predicted molar refractivity (Wildman–Crippen MR) is 70.8 cm³/mol. The molecule has 0 N–H and O–H groups in total. The van der Waals surface area contributed by atoms with Crippen molar-refractivity contribution in [2.75, 3.05) is 12.4 Å². The number of carbonyl (C=O) groups excluding carboxylic acids is 1. The van der Waals surface area contributed by atoms with E-state index < -0.39 is 0 Å². The number of halogens is 1. The van der Waals surface area contributed by atoms with E-state index in [-0.39, 0.29) is 11.8 Å². The van der Waals surface area contributed by atoms with Gasteiger partial charge in [0, 0.05) is 24.4 Å². The van der Waals surface area contributed by atoms with Crippen molar-refractivity contribution in [3.05, 3.63) is 0 Å². The first-order valence-electron chi connectivity index (χ1n) is 6.35. The molecule has 0 radical (unpaired) electrons. The molecule has 0 saturated carbocycles. The van der Waals surface area contributed by atoms with Gasteiger partial charge in [0.05, 0.1) is 0 Å². The molecule has 0 bridgehead atoms. The number of hydrogen-bond donors (Lipinski definition) is 0. The molecular formula is C13H26ClNO. The average Bonchev–Trinajstić information content (AvgIpc) is 2.27. The van der Waals surface area contributed by atoms with Crippen LogP contribution in [0.15, 0.2) is 0 Å². The van der Waals surface area contributed by atoms with Gasteiger partial charge in [0.25, 0.3) is 0 Å². The molecular weight excluding hydrogens is 222 g/mol. The van der Waals surface area contributed by atoms with Gasteiger partial charge in [-0.2, -0.15) is 0 Å². The Bertz CT molecular complexity index is 202. The molecule has 16 heavy (non-hydrogen) atoms. The smallest absolute Gasteiger partial charge is 0.225 e. The van der Waals surface area contributed by atoms with Gasteiger partial charge in [-0.25, -0.2) is 0 Å². The van der Waals surface area contributed by atoms with E-state index in [9.17, 15) is 4.79 Å². The van der Waals surface area contributed by atoms with E-state index in [0.717, 1.165) is 12.8 Å². The van der Waals surface area contributed by atoms with Crippen molar-refractivity contribution in [2.45, 2.75) is 53.5 Å². The van der Waals surface area contributed by atoms with Crippen molar-refractivity contribution in [1.82, 2.24) is 4.90 Å². The predicted octanol–water partition coefficient (Wildman–Crippen LogP) is 3.53. The molecule has 0 heterocycles. The maximum Gasteiger partial charge on any atom is 0.225 e. The minimum Gasteiger partial charge on any atom is -0.338 e. The number of nitrogens with zero attached hydrogens (tertiary/aromatic N) is 1. The van der Waals surface area contributed by atoms with E-state index in [0.29, 0.717) is 24.4 Å². The monoisotopic (exact) mass is 247 g/mol. The van der Waals surface area contributed by atoms with Crippen molar-refractivity contribution in [3.8, 4) is 0 Å². The molecule has 0 aromatic carbocycles. The molecule has 0 aliphatic carbocycles. The normalized spacial score (nSPS) is 13.2. The molecule has 0 rings (SSSR count). The molecule has 0 aromatic heterocycles. The Kier molecular flexibility index (Phi) is 7.82. The molecule has 96 valence electrons. The molecule has 0 fully saturated rings. The van der Waals surface area contributed by atoms with E-state index in [1.807, 2.05) is 11.8 Å². The fourth-order valence-corrected chi connectivity index (χ4v) is 2.02. The molecule has 1 atom stereocenters. The molecule has 3 heteroatoms. The first-order chi connectivity index (χ1) is 7.49. The van der Waals surface area contributed by atoms with Crippen LogP contribution in [0.4, 0.5) is 0 Å². The number of amides is 1. The Morgan fingerprint density at radius 3 is 2.00 bits per heavy atom. The summed E-state index contributed by atoms with van der Waals surface area (Å²) in [6.07, 6.45) is 2.01. The Labute approximate surface area is 105 Å². The molecule has 1 amide bonds. The summed E-state index contributed by atoms with van der Waals surface area (Å²) in [5, 5.41) is 0. The minimum absolute atomic E-state index is 0.0869. The quantitative estimate of drug-likeness (QED) is 0.631. The van der Waals surface area contributed by atoms with Crippen LogP contribution in [0.1, 0.15) is 47.5 Å². The summed E-state index contributed by atoms with van der Waals surface area (Å²) in [5.41, 5.74) is 0. The van der Waals surface area contributed by atoms with Crippen LogP contribution in [-0.4, -0.2) is 29.3 Å². The highest BCUT2D eigenvalue weighted by Gasteiger charge is 2.26. The highest BCUT2D eigenvalue weighted by Crippen LogP contribution is 2.18. The topological polar surface area (TPSA) is 20.3 Å². The van der Waals surface area contributed by atoms with Crippen LogP contribution in [0.3, 0.4) is 0 Å². The summed E-state index contributed by atoms with van der Waals surface area (Å²) >= 11 is 5.79. The molecule has 0 saturated heterocycles. The van der Waals surface area contributed by atoms with Crippen LogP contribution < -0.4 is 0 Å². The van der Waals surface area contributed by atoms with E-state index >= 15 is 0 Å². The van der Waals surface area contributed by atoms with Crippen molar-refractivity contribution in [3.63, 3.8) is 0 Å². The van der Waals surface area contributed by atoms with Gasteiger partial charge in [0.1, 0.15) is 0 Å². The number of rotatable bonds is 7. The van der Waals surface area contributed by atoms with Crippen molar-refractivity contribution < 1.29 is 4.79 Å². The second-order valence-corrected chi connectivity index (χ2v) is 5.10. The molecule has 0 aliphatic heterocycles. The highest BCUT2D eigenvalue weighted by atomic mass is 35.5. The van der Waals surface area contributed by atoms with Crippen LogP contribution >= 0.6 is 11.6 Å². The first kappa shape index (κ1) is 15.8. The van der Waals surface area contributed by atoms with Crippen molar-refractivity contribution in [1.29, 1.82) is 0 Å². The lowest BCUT2D eigenvalue weighted by Crippen LogP contribution is -2.44. The van der Waals surface area contributed by atoms with Crippen LogP contribution in [0.2, 0.25) is 0 Å². The zero-order chi connectivity index (χ0) is 12.7. The maximum absolute atomic E-state index is 12.3. The van der Waals surface area contributed by atoms with Crippen molar-refractivity contribution >= 4 is 17.5 Å². The van der Waals surface area contributed by atoms with E-state index in [2.05, 4.69) is 27.7 Å². The molecule has 2 nitrogen and oxygen atoms in total.